The summed E-state index contributed by atoms with van der Waals surface area (Å²) in [5.74, 6) is 0.0121. The molecule has 0 spiro atoms. The molecule has 0 atom stereocenters. The van der Waals surface area contributed by atoms with E-state index in [4.69, 9.17) is 14.2 Å². The van der Waals surface area contributed by atoms with Gasteiger partial charge in [-0.2, -0.15) is 10.2 Å². The number of aliphatic hydroxyl groups is 1. The van der Waals surface area contributed by atoms with E-state index in [0.29, 0.717) is 11.4 Å². The molecule has 0 fully saturated rings. The summed E-state index contributed by atoms with van der Waals surface area (Å²) in [5.41, 5.74) is 1.09. The van der Waals surface area contributed by atoms with Gasteiger partial charge in [0.25, 0.3) is 15.9 Å². The summed E-state index contributed by atoms with van der Waals surface area (Å²) in [6.07, 6.45) is 1.44. The number of hydrogen-bond donors (Lipinski definition) is 3. The maximum Gasteiger partial charge on any atom is 0.263 e. The van der Waals surface area contributed by atoms with Crippen molar-refractivity contribution in [2.24, 2.45) is 0 Å². The molecule has 0 aliphatic heterocycles. The van der Waals surface area contributed by atoms with Crippen LogP contribution in [0.2, 0.25) is 0 Å². The Labute approximate surface area is 252 Å². The molecule has 0 saturated heterocycles. The van der Waals surface area contributed by atoms with Gasteiger partial charge in [0.2, 0.25) is 17.4 Å². The van der Waals surface area contributed by atoms with Gasteiger partial charge < -0.3 is 19.3 Å². The summed E-state index contributed by atoms with van der Waals surface area (Å²) in [6, 6.07) is 14.8. The fourth-order valence-electron chi connectivity index (χ4n) is 3.93. The number of H-pyrrole nitrogens is 1. The van der Waals surface area contributed by atoms with E-state index >= 15 is 0 Å². The van der Waals surface area contributed by atoms with Gasteiger partial charge in [0.1, 0.15) is 12.3 Å². The summed E-state index contributed by atoms with van der Waals surface area (Å²) in [6.45, 7) is 5.54. The molecule has 0 aliphatic carbocycles. The molecule has 0 amide bonds. The maximum absolute atomic E-state index is 13.7. The van der Waals surface area contributed by atoms with Crippen LogP contribution in [0.15, 0.2) is 65.7 Å². The van der Waals surface area contributed by atoms with Crippen LogP contribution in [-0.4, -0.2) is 74.4 Å². The first kappa shape index (κ1) is 30.2. The Balaban J connectivity index is 1.65. The smallest absolute Gasteiger partial charge is 0.263 e. The number of nitrogens with zero attached hydrogens (tertiary/aromatic N) is 7. The van der Waals surface area contributed by atoms with E-state index in [2.05, 4.69) is 45.3 Å². The van der Waals surface area contributed by atoms with Crippen molar-refractivity contribution in [3.05, 3.63) is 66.4 Å². The lowest BCUT2D eigenvalue weighted by Gasteiger charge is -2.20. The van der Waals surface area contributed by atoms with Crippen molar-refractivity contribution in [3.63, 3.8) is 0 Å². The van der Waals surface area contributed by atoms with Crippen LogP contribution >= 0.6 is 0 Å². The number of aliphatic hydroxyl groups excluding tert-OH is 1. The predicted molar refractivity (Wildman–Crippen MR) is 158 cm³/mol. The zero-order valence-electron chi connectivity index (χ0n) is 24.2. The van der Waals surface area contributed by atoms with E-state index in [0.717, 1.165) is 5.56 Å². The topological polar surface area (TPSA) is 200 Å². The number of aromatic amines is 1. The summed E-state index contributed by atoms with van der Waals surface area (Å²) < 4.78 is 47.1. The molecule has 0 bridgehead atoms. The van der Waals surface area contributed by atoms with Gasteiger partial charge in [-0.15, -0.1) is 10.2 Å². The minimum Gasteiger partial charge on any atom is -0.493 e. The largest absolute Gasteiger partial charge is 0.493 e. The number of sulfonamides is 1. The van der Waals surface area contributed by atoms with Gasteiger partial charge in [0.15, 0.2) is 23.1 Å². The second-order valence-corrected chi connectivity index (χ2v) is 11.9. The van der Waals surface area contributed by atoms with Crippen molar-refractivity contribution < 1.29 is 27.7 Å². The van der Waals surface area contributed by atoms with Crippen LogP contribution in [0.3, 0.4) is 0 Å². The zero-order valence-corrected chi connectivity index (χ0v) is 25.0. The van der Waals surface area contributed by atoms with Crippen LogP contribution in [0.4, 0.5) is 5.82 Å². The molecule has 3 N–H and O–H groups in total. The van der Waals surface area contributed by atoms with Crippen molar-refractivity contribution >= 4 is 15.8 Å². The van der Waals surface area contributed by atoms with Crippen LogP contribution in [0, 0.1) is 0 Å². The van der Waals surface area contributed by atoms with E-state index < -0.39 is 10.0 Å². The van der Waals surface area contributed by atoms with Crippen molar-refractivity contribution in [3.8, 4) is 46.3 Å². The third-order valence-electron chi connectivity index (χ3n) is 6.14. The molecule has 5 aromatic rings. The monoisotopic (exact) mass is 619 g/mol. The highest BCUT2D eigenvalue weighted by Gasteiger charge is 2.27. The van der Waals surface area contributed by atoms with Crippen molar-refractivity contribution in [2.45, 2.75) is 31.1 Å². The fraction of sp³-hybridized carbons (Fsp3) is 0.250. The predicted octanol–water partition coefficient (Wildman–Crippen LogP) is 3.38. The number of benzene rings is 2. The Kier molecular flexibility index (Phi) is 8.64. The third kappa shape index (κ3) is 6.71. The average Bonchev–Trinajstić information content (AvgIpc) is 3.56. The molecule has 0 aliphatic rings. The molecule has 44 heavy (non-hydrogen) atoms. The number of nitrogens with one attached hydrogen (secondary N) is 2. The van der Waals surface area contributed by atoms with E-state index in [1.165, 1.54) is 25.4 Å². The lowest BCUT2D eigenvalue weighted by atomic mass is 9.87. The van der Waals surface area contributed by atoms with E-state index in [1.54, 1.807) is 42.5 Å². The van der Waals surface area contributed by atoms with Crippen molar-refractivity contribution in [1.29, 1.82) is 0 Å². The third-order valence-corrected chi connectivity index (χ3v) is 7.49. The first-order valence-electron chi connectivity index (χ1n) is 13.3. The Morgan fingerprint density at radius 1 is 0.932 bits per heavy atom. The number of rotatable bonds is 11. The molecule has 0 unspecified atom stereocenters. The Morgan fingerprint density at radius 2 is 1.68 bits per heavy atom. The minimum absolute atomic E-state index is 0.0000294. The number of para-hydroxylation sites is 2. The molecule has 15 nitrogen and oxygen atoms in total. The summed E-state index contributed by atoms with van der Waals surface area (Å²) in [7, 11) is -2.75. The zero-order chi connectivity index (χ0) is 31.3. The standard InChI is InChI=1S/C28H29N9O6S/c1-28(2,3)17-9-11-18(12-10-17)44(39,40)35-24-22(43-21-8-6-5-7-20(21)41-4)27(42-16-15-38)32-26(31-24)25-29-14-13-19(30-25)23-33-36-37-34-23/h5-14,38H,15-16H2,1-4H3,(H,31,32,35)(H,33,34,36,37). The number of ether oxygens (including phenoxy) is 3. The normalized spacial score (nSPS) is 11.7. The van der Waals surface area contributed by atoms with Gasteiger partial charge in [-0.25, -0.2) is 23.4 Å². The summed E-state index contributed by atoms with van der Waals surface area (Å²) in [4.78, 5) is 17.5. The number of aromatic nitrogens is 8. The van der Waals surface area contributed by atoms with Gasteiger partial charge >= 0.3 is 0 Å². The summed E-state index contributed by atoms with van der Waals surface area (Å²) in [5, 5.41) is 23.3. The van der Waals surface area contributed by atoms with Gasteiger partial charge in [0, 0.05) is 6.20 Å². The quantitative estimate of drug-likeness (QED) is 0.194. The number of tetrazole rings is 1. The molecular formula is C28H29N9O6S. The average molecular weight is 620 g/mol. The van der Waals surface area contributed by atoms with Crippen molar-refractivity contribution in [2.75, 3.05) is 25.0 Å². The van der Waals surface area contributed by atoms with Crippen LogP contribution in [0.5, 0.6) is 23.1 Å². The maximum atomic E-state index is 13.7. The van der Waals surface area contributed by atoms with Crippen LogP contribution < -0.4 is 18.9 Å². The van der Waals surface area contributed by atoms with E-state index in [-0.39, 0.29) is 64.2 Å². The highest BCUT2D eigenvalue weighted by molar-refractivity contribution is 7.92. The van der Waals surface area contributed by atoms with Crippen LogP contribution in [-0.2, 0) is 15.4 Å². The number of anilines is 1. The highest BCUT2D eigenvalue weighted by atomic mass is 32.2. The SMILES string of the molecule is COc1ccccc1Oc1c(NS(=O)(=O)c2ccc(C(C)(C)C)cc2)nc(-c2nccc(-c3nn[nH]n3)n2)nc1OCCO. The molecule has 228 valence electrons. The first-order valence-corrected chi connectivity index (χ1v) is 14.7. The first-order chi connectivity index (χ1) is 21.1. The molecule has 0 radical (unpaired) electrons. The molecule has 2 aromatic carbocycles. The highest BCUT2D eigenvalue weighted by Crippen LogP contribution is 2.41. The Hall–Kier alpha value is -5.22. The molecule has 0 saturated carbocycles. The number of methoxy groups -OCH3 is 1. The molecule has 3 heterocycles. The lowest BCUT2D eigenvalue weighted by molar-refractivity contribution is 0.192. The molecule has 3 aromatic heterocycles. The van der Waals surface area contributed by atoms with E-state index in [9.17, 15) is 13.5 Å². The van der Waals surface area contributed by atoms with Crippen LogP contribution in [0.25, 0.3) is 23.2 Å². The number of hydrogen-bond acceptors (Lipinski definition) is 13. The molecule has 16 heteroatoms. The van der Waals surface area contributed by atoms with E-state index in [1.807, 2.05) is 20.8 Å². The Morgan fingerprint density at radius 3 is 2.34 bits per heavy atom. The molecular weight excluding hydrogens is 590 g/mol. The van der Waals surface area contributed by atoms with Crippen LogP contribution in [0.1, 0.15) is 26.3 Å². The van der Waals surface area contributed by atoms with Gasteiger partial charge in [0.05, 0.1) is 18.6 Å². The van der Waals surface area contributed by atoms with Crippen molar-refractivity contribution in [1.82, 2.24) is 40.6 Å². The minimum atomic E-state index is -4.22. The Bertz CT molecular complexity index is 1840. The molecule has 5 rings (SSSR count). The second kappa shape index (κ2) is 12.6. The van der Waals surface area contributed by atoms with Gasteiger partial charge in [-0.3, -0.25) is 4.72 Å². The van der Waals surface area contributed by atoms with Gasteiger partial charge in [-0.1, -0.05) is 45.0 Å². The summed E-state index contributed by atoms with van der Waals surface area (Å²) >= 11 is 0. The fourth-order valence-corrected chi connectivity index (χ4v) is 4.93. The second-order valence-electron chi connectivity index (χ2n) is 10.2. The van der Waals surface area contributed by atoms with Gasteiger partial charge in [-0.05, 0) is 46.5 Å². The lowest BCUT2D eigenvalue weighted by Crippen LogP contribution is -2.17.